The van der Waals surface area contributed by atoms with Gasteiger partial charge in [0.25, 0.3) is 5.91 Å². The monoisotopic (exact) mass is 296 g/mol. The number of amides is 1. The van der Waals surface area contributed by atoms with Crippen LogP contribution >= 0.6 is 22.9 Å². The van der Waals surface area contributed by atoms with Crippen LogP contribution in [0.15, 0.2) is 24.5 Å². The number of rotatable bonds is 3. The molecular formula is C12H9ClN2O3S. The first-order valence-corrected chi connectivity index (χ1v) is 6.43. The van der Waals surface area contributed by atoms with Gasteiger partial charge in [0.05, 0.1) is 15.6 Å². The quantitative estimate of drug-likeness (QED) is 0.912. The van der Waals surface area contributed by atoms with Gasteiger partial charge in [0.15, 0.2) is 0 Å². The fourth-order valence-electron chi connectivity index (χ4n) is 1.49. The first kappa shape index (κ1) is 13.5. The van der Waals surface area contributed by atoms with Crippen molar-refractivity contribution in [2.24, 2.45) is 0 Å². The molecule has 0 spiro atoms. The van der Waals surface area contributed by atoms with Crippen molar-refractivity contribution in [1.82, 2.24) is 4.98 Å². The van der Waals surface area contributed by atoms with Crippen molar-refractivity contribution in [3.05, 3.63) is 45.6 Å². The molecule has 0 aromatic carbocycles. The number of nitrogens with zero attached hydrogens (tertiary/aromatic N) is 1. The fourth-order valence-corrected chi connectivity index (χ4v) is 2.61. The number of carbonyl (C=O) groups is 2. The molecule has 2 N–H and O–H groups in total. The van der Waals surface area contributed by atoms with Gasteiger partial charge in [-0.15, -0.1) is 11.3 Å². The molecule has 0 atom stereocenters. The topological polar surface area (TPSA) is 79.3 Å². The highest BCUT2D eigenvalue weighted by atomic mass is 35.5. The lowest BCUT2D eigenvalue weighted by Crippen LogP contribution is -2.11. The van der Waals surface area contributed by atoms with Crippen molar-refractivity contribution >= 4 is 39.8 Å². The van der Waals surface area contributed by atoms with E-state index in [0.29, 0.717) is 16.1 Å². The zero-order valence-corrected chi connectivity index (χ0v) is 11.4. The van der Waals surface area contributed by atoms with E-state index in [1.54, 1.807) is 13.0 Å². The first-order valence-electron chi connectivity index (χ1n) is 5.23. The maximum Gasteiger partial charge on any atom is 0.346 e. The number of hydrogen-bond acceptors (Lipinski definition) is 4. The van der Waals surface area contributed by atoms with Crippen molar-refractivity contribution in [1.29, 1.82) is 0 Å². The van der Waals surface area contributed by atoms with Gasteiger partial charge in [0.2, 0.25) is 0 Å². The van der Waals surface area contributed by atoms with Gasteiger partial charge in [-0.3, -0.25) is 9.78 Å². The Bertz CT molecular complexity index is 654. The Morgan fingerprint density at radius 3 is 2.79 bits per heavy atom. The number of pyridine rings is 1. The standard InChI is InChI=1S/C12H9ClN2O3S/c1-6-4-9(19-10(6)12(17)18)15-11(16)7-2-3-14-5-8(7)13/h2-5H,1H3,(H,15,16)(H,17,18). The summed E-state index contributed by atoms with van der Waals surface area (Å²) >= 11 is 6.86. The molecule has 0 radical (unpaired) electrons. The number of anilines is 1. The lowest BCUT2D eigenvalue weighted by atomic mass is 10.2. The van der Waals surface area contributed by atoms with E-state index in [2.05, 4.69) is 10.3 Å². The Morgan fingerprint density at radius 2 is 2.21 bits per heavy atom. The van der Waals surface area contributed by atoms with Crippen LogP contribution in [0, 0.1) is 6.92 Å². The number of nitrogens with one attached hydrogen (secondary N) is 1. The number of carboxylic acids is 1. The molecule has 0 bridgehead atoms. The predicted molar refractivity (Wildman–Crippen MR) is 73.2 cm³/mol. The molecule has 0 aliphatic heterocycles. The molecule has 2 heterocycles. The van der Waals surface area contributed by atoms with Crippen LogP contribution in [0.4, 0.5) is 5.00 Å². The SMILES string of the molecule is Cc1cc(NC(=O)c2ccncc2Cl)sc1C(=O)O. The summed E-state index contributed by atoms with van der Waals surface area (Å²) < 4.78 is 0. The second kappa shape index (κ2) is 5.38. The molecule has 2 rings (SSSR count). The van der Waals surface area contributed by atoms with E-state index in [4.69, 9.17) is 16.7 Å². The Hall–Kier alpha value is -1.92. The Labute approximate surface area is 117 Å². The van der Waals surface area contributed by atoms with E-state index in [-0.39, 0.29) is 9.90 Å². The minimum atomic E-state index is -1.01. The molecule has 98 valence electrons. The number of hydrogen-bond donors (Lipinski definition) is 2. The van der Waals surface area contributed by atoms with Gasteiger partial charge >= 0.3 is 5.97 Å². The third kappa shape index (κ3) is 2.91. The molecule has 0 aliphatic carbocycles. The van der Waals surface area contributed by atoms with Gasteiger partial charge in [0, 0.05) is 12.4 Å². The van der Waals surface area contributed by atoms with E-state index in [9.17, 15) is 9.59 Å². The van der Waals surface area contributed by atoms with Crippen LogP contribution in [0.5, 0.6) is 0 Å². The highest BCUT2D eigenvalue weighted by molar-refractivity contribution is 7.18. The number of aromatic nitrogens is 1. The van der Waals surface area contributed by atoms with Crippen molar-refractivity contribution in [2.45, 2.75) is 6.92 Å². The summed E-state index contributed by atoms with van der Waals surface area (Å²) in [4.78, 5) is 26.9. The molecule has 2 aromatic rings. The maximum absolute atomic E-state index is 12.0. The van der Waals surface area contributed by atoms with E-state index < -0.39 is 11.9 Å². The molecule has 19 heavy (non-hydrogen) atoms. The van der Waals surface area contributed by atoms with Crippen molar-refractivity contribution < 1.29 is 14.7 Å². The number of aryl methyl sites for hydroxylation is 1. The van der Waals surface area contributed by atoms with E-state index in [1.807, 2.05) is 0 Å². The van der Waals surface area contributed by atoms with Gasteiger partial charge < -0.3 is 10.4 Å². The Kier molecular flexibility index (Phi) is 3.82. The summed E-state index contributed by atoms with van der Waals surface area (Å²) in [6.45, 7) is 1.68. The number of thiophene rings is 1. The molecule has 5 nitrogen and oxygen atoms in total. The molecule has 7 heteroatoms. The summed E-state index contributed by atoms with van der Waals surface area (Å²) in [6, 6.07) is 3.11. The molecular weight excluding hydrogens is 288 g/mol. The average Bonchev–Trinajstić information content (AvgIpc) is 2.70. The van der Waals surface area contributed by atoms with E-state index in [1.165, 1.54) is 18.5 Å². The molecule has 0 unspecified atom stereocenters. The lowest BCUT2D eigenvalue weighted by molar-refractivity contribution is 0.0701. The molecule has 0 fully saturated rings. The summed E-state index contributed by atoms with van der Waals surface area (Å²) in [5, 5.41) is 12.3. The average molecular weight is 297 g/mol. The summed E-state index contributed by atoms with van der Waals surface area (Å²) in [5.41, 5.74) is 0.897. The summed E-state index contributed by atoms with van der Waals surface area (Å²) in [5.74, 6) is -1.41. The third-order valence-electron chi connectivity index (χ3n) is 2.37. The van der Waals surface area contributed by atoms with E-state index in [0.717, 1.165) is 11.3 Å². The van der Waals surface area contributed by atoms with Gasteiger partial charge in [-0.05, 0) is 24.6 Å². The van der Waals surface area contributed by atoms with Crippen LogP contribution in [-0.2, 0) is 0 Å². The van der Waals surface area contributed by atoms with Crippen molar-refractivity contribution in [3.63, 3.8) is 0 Å². The normalized spacial score (nSPS) is 10.2. The molecule has 0 saturated heterocycles. The van der Waals surface area contributed by atoms with Crippen LogP contribution in [0.1, 0.15) is 25.6 Å². The molecule has 0 saturated carbocycles. The fraction of sp³-hybridized carbons (Fsp3) is 0.0833. The van der Waals surface area contributed by atoms with E-state index >= 15 is 0 Å². The van der Waals surface area contributed by atoms with Gasteiger partial charge in [-0.1, -0.05) is 11.6 Å². The number of carbonyl (C=O) groups excluding carboxylic acids is 1. The van der Waals surface area contributed by atoms with Crippen LogP contribution < -0.4 is 5.32 Å². The first-order chi connectivity index (χ1) is 8.99. The molecule has 2 aromatic heterocycles. The highest BCUT2D eigenvalue weighted by Crippen LogP contribution is 2.27. The highest BCUT2D eigenvalue weighted by Gasteiger charge is 2.15. The number of aromatic carboxylic acids is 1. The Balaban J connectivity index is 2.22. The maximum atomic E-state index is 12.0. The van der Waals surface area contributed by atoms with Crippen LogP contribution in [-0.4, -0.2) is 22.0 Å². The van der Waals surface area contributed by atoms with Crippen LogP contribution in [0.3, 0.4) is 0 Å². The van der Waals surface area contributed by atoms with Crippen molar-refractivity contribution in [3.8, 4) is 0 Å². The minimum absolute atomic E-state index is 0.205. The largest absolute Gasteiger partial charge is 0.477 e. The van der Waals surface area contributed by atoms with Crippen molar-refractivity contribution in [2.75, 3.05) is 5.32 Å². The lowest BCUT2D eigenvalue weighted by Gasteiger charge is -2.03. The second-order valence-electron chi connectivity index (χ2n) is 3.74. The van der Waals surface area contributed by atoms with Gasteiger partial charge in [-0.2, -0.15) is 0 Å². The smallest absolute Gasteiger partial charge is 0.346 e. The second-order valence-corrected chi connectivity index (χ2v) is 5.20. The predicted octanol–water partition coefficient (Wildman–Crippen LogP) is 3.06. The van der Waals surface area contributed by atoms with Crippen LogP contribution in [0.25, 0.3) is 0 Å². The zero-order chi connectivity index (χ0) is 14.0. The number of carboxylic acid groups (broad SMARTS) is 1. The number of halogens is 1. The summed E-state index contributed by atoms with van der Waals surface area (Å²) in [7, 11) is 0. The zero-order valence-electron chi connectivity index (χ0n) is 9.81. The minimum Gasteiger partial charge on any atom is -0.477 e. The molecule has 0 aliphatic rings. The Morgan fingerprint density at radius 1 is 1.47 bits per heavy atom. The van der Waals surface area contributed by atoms with Crippen LogP contribution in [0.2, 0.25) is 5.02 Å². The summed E-state index contributed by atoms with van der Waals surface area (Å²) in [6.07, 6.45) is 2.84. The third-order valence-corrected chi connectivity index (χ3v) is 3.81. The molecule has 1 amide bonds. The van der Waals surface area contributed by atoms with Gasteiger partial charge in [-0.25, -0.2) is 4.79 Å². The van der Waals surface area contributed by atoms with Gasteiger partial charge in [0.1, 0.15) is 4.88 Å².